The van der Waals surface area contributed by atoms with E-state index in [1.54, 1.807) is 20.9 Å². The van der Waals surface area contributed by atoms with Crippen LogP contribution in [0.25, 0.3) is 0 Å². The lowest BCUT2D eigenvalue weighted by atomic mass is 9.90. The summed E-state index contributed by atoms with van der Waals surface area (Å²) in [7, 11) is 1.63. The molecule has 50 heavy (non-hydrogen) atoms. The van der Waals surface area contributed by atoms with Gasteiger partial charge in [-0.2, -0.15) is 0 Å². The van der Waals surface area contributed by atoms with E-state index in [1.807, 2.05) is 13.8 Å². The highest BCUT2D eigenvalue weighted by molar-refractivity contribution is 5.96. The molecule has 5 amide bonds. The van der Waals surface area contributed by atoms with E-state index in [4.69, 9.17) is 10.5 Å². The smallest absolute Gasteiger partial charge is 0.245 e. The number of unbranched alkanes of at least 4 members (excludes halogenated alkanes) is 3. The van der Waals surface area contributed by atoms with E-state index in [0.29, 0.717) is 12.8 Å². The fourth-order valence-electron chi connectivity index (χ4n) is 6.92. The van der Waals surface area contributed by atoms with E-state index < -0.39 is 66.0 Å². The number of ether oxygens (including phenoxy) is 1. The van der Waals surface area contributed by atoms with Crippen molar-refractivity contribution in [3.63, 3.8) is 0 Å². The monoisotopic (exact) mass is 710 g/mol. The molecule has 7 atom stereocenters. The van der Waals surface area contributed by atoms with Crippen LogP contribution in [0.2, 0.25) is 0 Å². The SMILES string of the molecule is CCCCCC[C@H]1O[C@@H](C)NC(=O)[C@H](CNCCO)NC(=O)[C@H](CN)NC(=O)[C@H](C2CCCCCC2)NC(=O)[C@H](CC(C)C)N(C)C(=O)[C@@H]1C. The number of rotatable bonds is 13. The van der Waals surface area contributed by atoms with Crippen LogP contribution in [0.15, 0.2) is 0 Å². The van der Waals surface area contributed by atoms with Gasteiger partial charge in [-0.1, -0.05) is 79.1 Å². The van der Waals surface area contributed by atoms with Crippen LogP contribution < -0.4 is 32.3 Å². The predicted molar refractivity (Wildman–Crippen MR) is 192 cm³/mol. The first kappa shape index (κ1) is 43.4. The third-order valence-corrected chi connectivity index (χ3v) is 9.92. The molecule has 2 aliphatic rings. The van der Waals surface area contributed by atoms with Crippen LogP contribution in [-0.2, 0) is 28.7 Å². The van der Waals surface area contributed by atoms with E-state index in [1.165, 1.54) is 4.90 Å². The summed E-state index contributed by atoms with van der Waals surface area (Å²) in [4.78, 5) is 71.0. The van der Waals surface area contributed by atoms with E-state index in [9.17, 15) is 29.1 Å². The number of nitrogens with two attached hydrogens (primary N) is 1. The number of carbonyl (C=O) groups is 5. The molecule has 0 spiro atoms. The molecule has 0 unspecified atom stereocenters. The molecular formula is C36H67N7O7. The fraction of sp³-hybridized carbons (Fsp3) is 0.861. The molecule has 0 bridgehead atoms. The number of carbonyl (C=O) groups excluding carboxylic acids is 5. The standard InChI is InChI=1S/C36H67N7O7/c1-7-8-9-14-17-30-24(4)36(49)43(6)29(20-23(2)3)34(47)42-31(26-15-12-10-11-13-16-26)35(48)40-27(21-37)32(45)41-28(22-38-18-19-44)33(46)39-25(5)50-30/h23-31,38,44H,7-22,37H2,1-6H3,(H,39,46)(H,40,48)(H,41,45)(H,42,47)/t24-,25+,27+,28+,29+,30-,31+/m1/s1. The Balaban J connectivity index is 2.58. The molecule has 2 fully saturated rings. The molecule has 14 nitrogen and oxygen atoms in total. The van der Waals surface area contributed by atoms with Crippen LogP contribution in [-0.4, -0.2) is 109 Å². The minimum absolute atomic E-state index is 0.00574. The molecule has 14 heteroatoms. The summed E-state index contributed by atoms with van der Waals surface area (Å²) in [6.07, 6.45) is 8.78. The number of amides is 5. The van der Waals surface area contributed by atoms with Gasteiger partial charge in [-0.15, -0.1) is 0 Å². The van der Waals surface area contributed by atoms with Crippen molar-refractivity contribution in [1.29, 1.82) is 0 Å². The molecule has 0 aromatic rings. The molecule has 1 heterocycles. The molecule has 0 aromatic carbocycles. The first-order valence-electron chi connectivity index (χ1n) is 19.0. The Morgan fingerprint density at radius 1 is 0.880 bits per heavy atom. The molecule has 1 aliphatic heterocycles. The Bertz CT molecular complexity index is 1070. The second-order valence-corrected chi connectivity index (χ2v) is 14.6. The van der Waals surface area contributed by atoms with Crippen LogP contribution in [0.1, 0.15) is 112 Å². The molecule has 1 aliphatic carbocycles. The van der Waals surface area contributed by atoms with Gasteiger partial charge in [0.2, 0.25) is 29.5 Å². The maximum absolute atomic E-state index is 14.2. The summed E-state index contributed by atoms with van der Waals surface area (Å²) in [5.74, 6) is -3.15. The van der Waals surface area contributed by atoms with Gasteiger partial charge in [0.25, 0.3) is 0 Å². The van der Waals surface area contributed by atoms with Crippen LogP contribution >= 0.6 is 0 Å². The molecule has 1 saturated heterocycles. The molecule has 288 valence electrons. The summed E-state index contributed by atoms with van der Waals surface area (Å²) in [6, 6.07) is -4.06. The van der Waals surface area contributed by atoms with Crippen molar-refractivity contribution >= 4 is 29.5 Å². The van der Waals surface area contributed by atoms with E-state index in [2.05, 4.69) is 33.5 Å². The lowest BCUT2D eigenvalue weighted by Crippen LogP contribution is -2.63. The van der Waals surface area contributed by atoms with E-state index in [-0.39, 0.29) is 44.0 Å². The van der Waals surface area contributed by atoms with Gasteiger partial charge in [0.1, 0.15) is 30.4 Å². The molecule has 1 saturated carbocycles. The highest BCUT2D eigenvalue weighted by Crippen LogP contribution is 2.27. The van der Waals surface area contributed by atoms with Crippen molar-refractivity contribution in [3.05, 3.63) is 0 Å². The fourth-order valence-corrected chi connectivity index (χ4v) is 6.92. The second kappa shape index (κ2) is 22.9. The first-order valence-corrected chi connectivity index (χ1v) is 19.0. The van der Waals surface area contributed by atoms with Crippen LogP contribution in [0.3, 0.4) is 0 Å². The summed E-state index contributed by atoms with van der Waals surface area (Å²) in [6.45, 7) is 9.31. The van der Waals surface area contributed by atoms with Crippen molar-refractivity contribution in [2.24, 2.45) is 23.5 Å². The Morgan fingerprint density at radius 2 is 1.52 bits per heavy atom. The highest BCUT2D eigenvalue weighted by atomic mass is 16.5. The average Bonchev–Trinajstić information content (AvgIpc) is 3.37. The predicted octanol–water partition coefficient (Wildman–Crippen LogP) is 1.29. The van der Waals surface area contributed by atoms with Crippen LogP contribution in [0, 0.1) is 17.8 Å². The number of aliphatic hydroxyl groups is 1. The van der Waals surface area contributed by atoms with Crippen molar-refractivity contribution in [3.8, 4) is 0 Å². The first-order chi connectivity index (χ1) is 23.8. The number of nitrogens with zero attached hydrogens (tertiary/aromatic N) is 1. The number of hydrogen-bond donors (Lipinski definition) is 7. The minimum Gasteiger partial charge on any atom is -0.395 e. The highest BCUT2D eigenvalue weighted by Gasteiger charge is 2.39. The van der Waals surface area contributed by atoms with Crippen molar-refractivity contribution in [1.82, 2.24) is 31.5 Å². The Morgan fingerprint density at radius 3 is 2.12 bits per heavy atom. The van der Waals surface area contributed by atoms with Gasteiger partial charge in [-0.25, -0.2) is 0 Å². The molecule has 2 rings (SSSR count). The van der Waals surface area contributed by atoms with Gasteiger partial charge in [-0.3, -0.25) is 24.0 Å². The van der Waals surface area contributed by atoms with E-state index in [0.717, 1.165) is 64.2 Å². The van der Waals surface area contributed by atoms with Crippen LogP contribution in [0.4, 0.5) is 0 Å². The maximum atomic E-state index is 14.2. The zero-order chi connectivity index (χ0) is 37.2. The largest absolute Gasteiger partial charge is 0.395 e. The molecular weight excluding hydrogens is 642 g/mol. The lowest BCUT2D eigenvalue weighted by Gasteiger charge is -2.36. The maximum Gasteiger partial charge on any atom is 0.245 e. The molecule has 0 aromatic heterocycles. The molecule has 8 N–H and O–H groups in total. The van der Waals surface area contributed by atoms with E-state index >= 15 is 0 Å². The minimum atomic E-state index is -1.18. The summed E-state index contributed by atoms with van der Waals surface area (Å²) >= 11 is 0. The third kappa shape index (κ3) is 14.1. The number of likely N-dealkylation sites (N-methyl/N-ethyl adjacent to an activating group) is 1. The van der Waals surface area contributed by atoms with Crippen molar-refractivity contribution in [2.75, 3.05) is 33.3 Å². The number of aliphatic hydroxyl groups excluding tert-OH is 1. The van der Waals surface area contributed by atoms with Crippen molar-refractivity contribution < 1.29 is 33.8 Å². The summed E-state index contributed by atoms with van der Waals surface area (Å²) < 4.78 is 6.36. The van der Waals surface area contributed by atoms with Gasteiger partial charge in [0.15, 0.2) is 0 Å². The Kier molecular flexibility index (Phi) is 19.8. The van der Waals surface area contributed by atoms with Gasteiger partial charge in [0, 0.05) is 26.7 Å². The van der Waals surface area contributed by atoms with Gasteiger partial charge in [0.05, 0.1) is 18.6 Å². The third-order valence-electron chi connectivity index (χ3n) is 9.92. The normalized spacial score (nSPS) is 29.0. The topological polar surface area (TPSA) is 204 Å². The summed E-state index contributed by atoms with van der Waals surface area (Å²) in [5.41, 5.74) is 6.00. The molecule has 0 radical (unpaired) electrons. The van der Waals surface area contributed by atoms with Crippen LogP contribution in [0.5, 0.6) is 0 Å². The van der Waals surface area contributed by atoms with Gasteiger partial charge in [-0.05, 0) is 44.4 Å². The zero-order valence-electron chi connectivity index (χ0n) is 31.4. The quantitative estimate of drug-likeness (QED) is 0.109. The number of nitrogens with one attached hydrogen (secondary N) is 5. The zero-order valence-corrected chi connectivity index (χ0v) is 31.4. The second-order valence-electron chi connectivity index (χ2n) is 14.6. The Hall–Kier alpha value is -2.81. The van der Waals surface area contributed by atoms with Crippen molar-refractivity contribution in [2.45, 2.75) is 148 Å². The van der Waals surface area contributed by atoms with Gasteiger partial charge >= 0.3 is 0 Å². The summed E-state index contributed by atoms with van der Waals surface area (Å²) in [5, 5.41) is 23.5. The van der Waals surface area contributed by atoms with Gasteiger partial charge < -0.3 is 47.1 Å². The lowest BCUT2D eigenvalue weighted by molar-refractivity contribution is -0.150. The number of hydrogen-bond acceptors (Lipinski definition) is 9. The Labute approximate surface area is 299 Å². The average molecular weight is 710 g/mol.